The van der Waals surface area contributed by atoms with E-state index in [9.17, 15) is 0 Å². The molecule has 2 aliphatic rings. The number of nitrogens with one attached hydrogen (secondary N) is 1. The van der Waals surface area contributed by atoms with Crippen LogP contribution in [-0.4, -0.2) is 30.1 Å². The van der Waals surface area contributed by atoms with E-state index in [0.717, 1.165) is 11.1 Å². The predicted molar refractivity (Wildman–Crippen MR) is 80.6 cm³/mol. The Kier molecular flexibility index (Phi) is 4.11. The Morgan fingerprint density at radius 3 is 2.32 bits per heavy atom. The predicted octanol–water partition coefficient (Wildman–Crippen LogP) is 3.62. The maximum atomic E-state index is 5.93. The van der Waals surface area contributed by atoms with Crippen LogP contribution in [0.5, 0.6) is 0 Å². The molecule has 1 aromatic carbocycles. The summed E-state index contributed by atoms with van der Waals surface area (Å²) in [6.45, 7) is 4.79. The topological polar surface area (TPSA) is 15.3 Å². The van der Waals surface area contributed by atoms with Gasteiger partial charge in [0.2, 0.25) is 0 Å². The fraction of sp³-hybridized carbons (Fsp3) is 0.625. The van der Waals surface area contributed by atoms with Gasteiger partial charge in [-0.05, 0) is 63.4 Å². The van der Waals surface area contributed by atoms with Crippen LogP contribution >= 0.6 is 11.6 Å². The molecule has 0 aromatic heterocycles. The van der Waals surface area contributed by atoms with Crippen LogP contribution in [0.3, 0.4) is 0 Å². The fourth-order valence-electron chi connectivity index (χ4n) is 3.07. The summed E-state index contributed by atoms with van der Waals surface area (Å²) in [5.74, 6) is 0. The highest BCUT2D eigenvalue weighted by molar-refractivity contribution is 6.30. The van der Waals surface area contributed by atoms with Crippen molar-refractivity contribution in [2.45, 2.75) is 50.7 Å². The highest BCUT2D eigenvalue weighted by Gasteiger charge is 2.31. The first kappa shape index (κ1) is 13.4. The van der Waals surface area contributed by atoms with Gasteiger partial charge >= 0.3 is 0 Å². The van der Waals surface area contributed by atoms with Crippen LogP contribution in [0.15, 0.2) is 24.3 Å². The van der Waals surface area contributed by atoms with E-state index in [4.69, 9.17) is 11.6 Å². The van der Waals surface area contributed by atoms with Crippen molar-refractivity contribution >= 4 is 11.6 Å². The highest BCUT2D eigenvalue weighted by atomic mass is 35.5. The number of rotatable bonds is 4. The molecule has 104 valence electrons. The molecule has 19 heavy (non-hydrogen) atoms. The third-order valence-corrected chi connectivity index (χ3v) is 4.70. The second-order valence-electron chi connectivity index (χ2n) is 5.98. The molecule has 0 spiro atoms. The second-order valence-corrected chi connectivity index (χ2v) is 6.42. The van der Waals surface area contributed by atoms with Crippen LogP contribution in [0.25, 0.3) is 0 Å². The molecule has 1 atom stereocenters. The standard InChI is InChI=1S/C16H23ClN2/c1-12(13-2-4-14(17)5-3-13)18-15-8-10-19(11-9-15)16-6-7-16/h2-5,12,15-16,18H,6-11H2,1H3. The highest BCUT2D eigenvalue weighted by Crippen LogP contribution is 2.29. The lowest BCUT2D eigenvalue weighted by Crippen LogP contribution is -2.44. The van der Waals surface area contributed by atoms with E-state index in [2.05, 4.69) is 29.3 Å². The van der Waals surface area contributed by atoms with Crippen molar-refractivity contribution in [1.82, 2.24) is 10.2 Å². The van der Waals surface area contributed by atoms with Gasteiger partial charge in [0.1, 0.15) is 0 Å². The van der Waals surface area contributed by atoms with E-state index < -0.39 is 0 Å². The first-order valence-corrected chi connectivity index (χ1v) is 7.86. The largest absolute Gasteiger partial charge is 0.307 e. The summed E-state index contributed by atoms with van der Waals surface area (Å²) in [4.78, 5) is 2.67. The minimum Gasteiger partial charge on any atom is -0.307 e. The number of nitrogens with zero attached hydrogens (tertiary/aromatic N) is 1. The van der Waals surface area contributed by atoms with Crippen molar-refractivity contribution in [1.29, 1.82) is 0 Å². The summed E-state index contributed by atoms with van der Waals surface area (Å²) in [5.41, 5.74) is 1.33. The lowest BCUT2D eigenvalue weighted by molar-refractivity contribution is 0.184. The van der Waals surface area contributed by atoms with Gasteiger partial charge in [-0.1, -0.05) is 23.7 Å². The minimum absolute atomic E-state index is 0.412. The number of hydrogen-bond acceptors (Lipinski definition) is 2. The minimum atomic E-state index is 0.412. The molecular weight excluding hydrogens is 256 g/mol. The van der Waals surface area contributed by atoms with Crippen molar-refractivity contribution in [3.8, 4) is 0 Å². The van der Waals surface area contributed by atoms with E-state index in [-0.39, 0.29) is 0 Å². The SMILES string of the molecule is CC(NC1CCN(C2CC2)CC1)c1ccc(Cl)cc1. The Hall–Kier alpha value is -0.570. The summed E-state index contributed by atoms with van der Waals surface area (Å²) < 4.78 is 0. The Morgan fingerprint density at radius 2 is 1.74 bits per heavy atom. The van der Waals surface area contributed by atoms with Gasteiger partial charge in [0.25, 0.3) is 0 Å². The number of piperidine rings is 1. The Bertz CT molecular complexity index is 405. The maximum absolute atomic E-state index is 5.93. The Morgan fingerprint density at radius 1 is 1.11 bits per heavy atom. The quantitative estimate of drug-likeness (QED) is 0.905. The number of halogens is 1. The van der Waals surface area contributed by atoms with Crippen LogP contribution in [0.2, 0.25) is 5.02 Å². The third-order valence-electron chi connectivity index (χ3n) is 4.45. The van der Waals surface area contributed by atoms with E-state index in [0.29, 0.717) is 12.1 Å². The van der Waals surface area contributed by atoms with Gasteiger partial charge in [-0.25, -0.2) is 0 Å². The molecule has 1 aliphatic carbocycles. The molecule has 1 unspecified atom stereocenters. The summed E-state index contributed by atoms with van der Waals surface area (Å²) in [6.07, 6.45) is 5.43. The zero-order valence-corrected chi connectivity index (χ0v) is 12.4. The van der Waals surface area contributed by atoms with Crippen molar-refractivity contribution in [2.24, 2.45) is 0 Å². The van der Waals surface area contributed by atoms with Crippen molar-refractivity contribution in [2.75, 3.05) is 13.1 Å². The Labute approximate surface area is 121 Å². The van der Waals surface area contributed by atoms with Crippen LogP contribution in [0.4, 0.5) is 0 Å². The van der Waals surface area contributed by atoms with Gasteiger partial charge < -0.3 is 10.2 Å². The normalized spacial score (nSPS) is 23.5. The van der Waals surface area contributed by atoms with Crippen LogP contribution in [0.1, 0.15) is 44.2 Å². The Balaban J connectivity index is 1.49. The van der Waals surface area contributed by atoms with Gasteiger partial charge in [-0.2, -0.15) is 0 Å². The summed E-state index contributed by atoms with van der Waals surface area (Å²) in [5, 5.41) is 4.58. The molecule has 0 radical (unpaired) electrons. The number of benzene rings is 1. The molecule has 1 heterocycles. The molecule has 1 saturated carbocycles. The smallest absolute Gasteiger partial charge is 0.0406 e. The molecule has 3 rings (SSSR count). The molecule has 1 N–H and O–H groups in total. The summed E-state index contributed by atoms with van der Waals surface area (Å²) in [7, 11) is 0. The first-order valence-electron chi connectivity index (χ1n) is 7.48. The summed E-state index contributed by atoms with van der Waals surface area (Å²) in [6, 6.07) is 10.2. The second kappa shape index (κ2) is 5.82. The zero-order valence-electron chi connectivity index (χ0n) is 11.6. The van der Waals surface area contributed by atoms with Crippen LogP contribution < -0.4 is 5.32 Å². The fourth-order valence-corrected chi connectivity index (χ4v) is 3.20. The van der Waals surface area contributed by atoms with Crippen molar-refractivity contribution < 1.29 is 0 Å². The molecule has 0 amide bonds. The van der Waals surface area contributed by atoms with E-state index in [1.807, 2.05) is 12.1 Å². The van der Waals surface area contributed by atoms with Crippen LogP contribution in [0, 0.1) is 0 Å². The number of hydrogen-bond donors (Lipinski definition) is 1. The number of likely N-dealkylation sites (tertiary alicyclic amines) is 1. The molecule has 1 saturated heterocycles. The lowest BCUT2D eigenvalue weighted by atomic mass is 10.0. The molecule has 2 nitrogen and oxygen atoms in total. The van der Waals surface area contributed by atoms with E-state index in [1.54, 1.807) is 0 Å². The molecule has 0 bridgehead atoms. The monoisotopic (exact) mass is 278 g/mol. The van der Waals surface area contributed by atoms with Crippen molar-refractivity contribution in [3.05, 3.63) is 34.9 Å². The zero-order chi connectivity index (χ0) is 13.2. The maximum Gasteiger partial charge on any atom is 0.0406 e. The van der Waals surface area contributed by atoms with Crippen LogP contribution in [-0.2, 0) is 0 Å². The van der Waals surface area contributed by atoms with Crippen molar-refractivity contribution in [3.63, 3.8) is 0 Å². The van der Waals surface area contributed by atoms with Gasteiger partial charge in [-0.3, -0.25) is 0 Å². The van der Waals surface area contributed by atoms with E-state index >= 15 is 0 Å². The average Bonchev–Trinajstić information content (AvgIpc) is 3.25. The molecular formula is C16H23ClN2. The van der Waals surface area contributed by atoms with Gasteiger partial charge in [0.15, 0.2) is 0 Å². The average molecular weight is 279 g/mol. The van der Waals surface area contributed by atoms with Gasteiger partial charge in [0.05, 0.1) is 0 Å². The van der Waals surface area contributed by atoms with Gasteiger partial charge in [0, 0.05) is 23.1 Å². The lowest BCUT2D eigenvalue weighted by Gasteiger charge is -2.34. The first-order chi connectivity index (χ1) is 9.22. The third kappa shape index (κ3) is 3.50. The van der Waals surface area contributed by atoms with E-state index in [1.165, 1.54) is 44.3 Å². The summed E-state index contributed by atoms with van der Waals surface area (Å²) >= 11 is 5.93. The molecule has 3 heteroatoms. The molecule has 1 aliphatic heterocycles. The molecule has 1 aromatic rings. The molecule has 2 fully saturated rings. The van der Waals surface area contributed by atoms with Gasteiger partial charge in [-0.15, -0.1) is 0 Å².